The van der Waals surface area contributed by atoms with Crippen molar-refractivity contribution in [3.63, 3.8) is 0 Å². The lowest BCUT2D eigenvalue weighted by molar-refractivity contribution is -0.143. The van der Waals surface area contributed by atoms with Crippen LogP contribution in [0.3, 0.4) is 0 Å². The largest absolute Gasteiger partial charge is 0.481 e. The SMILES string of the molecule is CCOC(=O)[C@H]1SC(N2C=NCC=C2CN2[C@@H]3COC[C@H]2CC(CC(=O)O)C3)=N[C@H]1c1ccc(F)c(F)c1C. The molecule has 4 aliphatic heterocycles. The molecule has 1 aromatic carbocycles. The highest BCUT2D eigenvalue weighted by molar-refractivity contribution is 8.15. The minimum atomic E-state index is -0.955. The summed E-state index contributed by atoms with van der Waals surface area (Å²) in [6, 6.07) is 1.98. The second-order valence-corrected chi connectivity index (χ2v) is 11.3. The number of ether oxygens (including phenoxy) is 2. The third kappa shape index (κ3) is 5.73. The molecule has 4 aliphatic rings. The number of morpholine rings is 1. The van der Waals surface area contributed by atoms with Gasteiger partial charge in [-0.25, -0.2) is 8.78 Å². The number of esters is 1. The maximum atomic E-state index is 14.5. The summed E-state index contributed by atoms with van der Waals surface area (Å²) in [5.74, 6) is -3.03. The third-order valence-electron chi connectivity index (χ3n) is 7.71. The van der Waals surface area contributed by atoms with Crippen LogP contribution in [-0.2, 0) is 19.1 Å². The van der Waals surface area contributed by atoms with E-state index >= 15 is 0 Å². The Morgan fingerprint density at radius 2 is 1.97 bits per heavy atom. The zero-order valence-electron chi connectivity index (χ0n) is 21.9. The summed E-state index contributed by atoms with van der Waals surface area (Å²) in [4.78, 5) is 37.7. The van der Waals surface area contributed by atoms with Gasteiger partial charge in [0.1, 0.15) is 11.3 Å². The Morgan fingerprint density at radius 3 is 2.67 bits per heavy atom. The number of aliphatic carboxylic acids is 1. The Balaban J connectivity index is 1.40. The van der Waals surface area contributed by atoms with Gasteiger partial charge in [0.05, 0.1) is 32.7 Å². The van der Waals surface area contributed by atoms with E-state index in [1.54, 1.807) is 13.3 Å². The summed E-state index contributed by atoms with van der Waals surface area (Å²) in [5.41, 5.74) is 1.48. The van der Waals surface area contributed by atoms with Gasteiger partial charge in [0.25, 0.3) is 0 Å². The van der Waals surface area contributed by atoms with Crippen LogP contribution < -0.4 is 0 Å². The molecule has 2 saturated heterocycles. The second-order valence-electron chi connectivity index (χ2n) is 10.2. The van der Waals surface area contributed by atoms with Crippen molar-refractivity contribution < 1.29 is 33.0 Å². The average molecular weight is 563 g/mol. The van der Waals surface area contributed by atoms with Gasteiger partial charge in [0.15, 0.2) is 16.8 Å². The fourth-order valence-corrected chi connectivity index (χ4v) is 7.05. The molecule has 0 saturated carbocycles. The summed E-state index contributed by atoms with van der Waals surface area (Å²) in [6.07, 6.45) is 5.37. The van der Waals surface area contributed by atoms with Crippen molar-refractivity contribution in [3.05, 3.63) is 46.7 Å². The molecule has 2 bridgehead atoms. The Hall–Kier alpha value is -2.83. The number of halogens is 2. The van der Waals surface area contributed by atoms with E-state index in [4.69, 9.17) is 14.5 Å². The number of carboxylic acid groups (broad SMARTS) is 1. The number of thioether (sulfide) groups is 1. The first-order valence-corrected chi connectivity index (χ1v) is 14.0. The van der Waals surface area contributed by atoms with Crippen molar-refractivity contribution in [2.45, 2.75) is 56.5 Å². The summed E-state index contributed by atoms with van der Waals surface area (Å²) in [7, 11) is 0. The molecule has 5 rings (SSSR count). The first kappa shape index (κ1) is 27.7. The topological polar surface area (TPSA) is 104 Å². The summed E-state index contributed by atoms with van der Waals surface area (Å²) in [6.45, 7) is 5.57. The number of carbonyl (C=O) groups is 2. The monoisotopic (exact) mass is 562 g/mol. The quantitative estimate of drug-likeness (QED) is 0.504. The van der Waals surface area contributed by atoms with Crippen molar-refractivity contribution >= 4 is 35.2 Å². The van der Waals surface area contributed by atoms with E-state index in [1.165, 1.54) is 24.8 Å². The molecule has 0 spiro atoms. The summed E-state index contributed by atoms with van der Waals surface area (Å²) < 4.78 is 39.5. The highest BCUT2D eigenvalue weighted by atomic mass is 32.2. The van der Waals surface area contributed by atoms with Gasteiger partial charge in [-0.1, -0.05) is 17.8 Å². The Bertz CT molecular complexity index is 1210. The molecule has 1 unspecified atom stereocenters. The first-order valence-electron chi connectivity index (χ1n) is 13.2. The third-order valence-corrected chi connectivity index (χ3v) is 8.93. The molecule has 39 heavy (non-hydrogen) atoms. The summed E-state index contributed by atoms with van der Waals surface area (Å²) >= 11 is 1.23. The van der Waals surface area contributed by atoms with Crippen LogP contribution in [0.1, 0.15) is 43.4 Å². The van der Waals surface area contributed by atoms with Crippen LogP contribution in [0.4, 0.5) is 8.78 Å². The number of hydrogen-bond donors (Lipinski definition) is 1. The maximum absolute atomic E-state index is 14.5. The lowest BCUT2D eigenvalue weighted by Crippen LogP contribution is -2.58. The number of hydrogen-bond acceptors (Lipinski definition) is 9. The molecule has 1 aromatic rings. The van der Waals surface area contributed by atoms with Crippen LogP contribution in [0.5, 0.6) is 0 Å². The molecule has 0 radical (unpaired) electrons. The van der Waals surface area contributed by atoms with Crippen LogP contribution in [0.2, 0.25) is 0 Å². The van der Waals surface area contributed by atoms with Gasteiger partial charge in [0, 0.05) is 30.7 Å². The number of carbonyl (C=O) groups excluding carboxylic acids is 1. The molecule has 12 heteroatoms. The number of benzene rings is 1. The van der Waals surface area contributed by atoms with Crippen molar-refractivity contribution in [2.75, 3.05) is 32.9 Å². The van der Waals surface area contributed by atoms with Crippen LogP contribution >= 0.6 is 11.8 Å². The molecule has 9 nitrogen and oxygen atoms in total. The van der Waals surface area contributed by atoms with Crippen LogP contribution in [0.25, 0.3) is 0 Å². The minimum absolute atomic E-state index is 0.103. The lowest BCUT2D eigenvalue weighted by Gasteiger charge is -2.49. The van der Waals surface area contributed by atoms with Gasteiger partial charge < -0.3 is 14.6 Å². The highest BCUT2D eigenvalue weighted by Crippen LogP contribution is 2.42. The van der Waals surface area contributed by atoms with E-state index in [1.807, 2.05) is 11.0 Å². The fraction of sp³-hybridized carbons (Fsp3) is 0.556. The van der Waals surface area contributed by atoms with Crippen molar-refractivity contribution in [1.82, 2.24) is 9.80 Å². The van der Waals surface area contributed by atoms with E-state index < -0.39 is 34.9 Å². The van der Waals surface area contributed by atoms with Crippen molar-refractivity contribution in [3.8, 4) is 0 Å². The van der Waals surface area contributed by atoms with E-state index in [2.05, 4.69) is 9.89 Å². The molecule has 0 amide bonds. The van der Waals surface area contributed by atoms with Gasteiger partial charge in [-0.15, -0.1) is 0 Å². The number of piperidine rings is 1. The molecule has 0 aromatic heterocycles. The van der Waals surface area contributed by atoms with Crippen LogP contribution in [0, 0.1) is 24.5 Å². The molecule has 0 aliphatic carbocycles. The fourth-order valence-electron chi connectivity index (χ4n) is 5.87. The van der Waals surface area contributed by atoms with Gasteiger partial charge in [-0.3, -0.25) is 29.4 Å². The molecular weight excluding hydrogens is 530 g/mol. The van der Waals surface area contributed by atoms with Crippen LogP contribution in [0.15, 0.2) is 33.9 Å². The van der Waals surface area contributed by atoms with Gasteiger partial charge >= 0.3 is 11.9 Å². The Labute approximate surface area is 229 Å². The van der Waals surface area contributed by atoms with Gasteiger partial charge in [-0.2, -0.15) is 0 Å². The zero-order chi connectivity index (χ0) is 27.7. The molecule has 4 heterocycles. The normalized spacial score (nSPS) is 28.7. The predicted octanol–water partition coefficient (Wildman–Crippen LogP) is 3.53. The van der Waals surface area contributed by atoms with E-state index in [-0.39, 0.29) is 36.6 Å². The van der Waals surface area contributed by atoms with Crippen molar-refractivity contribution in [2.24, 2.45) is 15.9 Å². The van der Waals surface area contributed by atoms with E-state index in [0.29, 0.717) is 37.0 Å². The minimum Gasteiger partial charge on any atom is -0.481 e. The zero-order valence-corrected chi connectivity index (χ0v) is 22.7. The number of aliphatic imine (C=N–C) groups is 2. The Morgan fingerprint density at radius 1 is 1.23 bits per heavy atom. The van der Waals surface area contributed by atoms with Gasteiger partial charge in [0.2, 0.25) is 0 Å². The average Bonchev–Trinajstić information content (AvgIpc) is 3.33. The first-order chi connectivity index (χ1) is 18.8. The molecule has 5 atom stereocenters. The smallest absolute Gasteiger partial charge is 0.322 e. The van der Waals surface area contributed by atoms with Crippen LogP contribution in [-0.4, -0.2) is 88.6 Å². The highest BCUT2D eigenvalue weighted by Gasteiger charge is 2.43. The molecular formula is C27H32F2N4O5S. The number of carboxylic acids is 1. The number of rotatable bonds is 7. The van der Waals surface area contributed by atoms with E-state index in [0.717, 1.165) is 24.6 Å². The standard InChI is InChI=1S/C27H32F2N4O5S/c1-3-38-26(36)25-24(20-4-5-21(28)23(29)15(20)2)31-27(39-25)33-14-30-7-6-17(33)11-32-18-8-16(10-22(34)35)9-19(32)13-37-12-18/h4-6,14,16,18-19,24-25H,3,7-13H2,1-2H3,(H,34,35)/t16?,18-,19+,24-,25-/m0/s1. The number of amidine groups is 1. The number of nitrogens with zero attached hydrogens (tertiary/aromatic N) is 4. The van der Waals surface area contributed by atoms with Gasteiger partial charge in [-0.05, 0) is 55.9 Å². The molecule has 2 fully saturated rings. The second kappa shape index (κ2) is 11.7. The predicted molar refractivity (Wildman–Crippen MR) is 143 cm³/mol. The Kier molecular flexibility index (Phi) is 8.34. The number of fused-ring (bicyclic) bond motifs is 2. The molecule has 210 valence electrons. The lowest BCUT2D eigenvalue weighted by atomic mass is 9.83. The van der Waals surface area contributed by atoms with Crippen molar-refractivity contribution in [1.29, 1.82) is 0 Å². The summed E-state index contributed by atoms with van der Waals surface area (Å²) in [5, 5.41) is 9.06. The molecule has 1 N–H and O–H groups in total. The van der Waals surface area contributed by atoms with E-state index in [9.17, 15) is 23.5 Å². The maximum Gasteiger partial charge on any atom is 0.322 e.